The molecule has 0 aliphatic heterocycles. The summed E-state index contributed by atoms with van der Waals surface area (Å²) in [6.07, 6.45) is 2.93. The van der Waals surface area contributed by atoms with Gasteiger partial charge in [0.25, 0.3) is 0 Å². The fourth-order valence-electron chi connectivity index (χ4n) is 2.62. The number of aliphatic hydroxyl groups is 1. The lowest BCUT2D eigenvalue weighted by Crippen LogP contribution is -2.44. The molecule has 1 aliphatic carbocycles. The summed E-state index contributed by atoms with van der Waals surface area (Å²) in [5.74, 6) is 0.112. The van der Waals surface area contributed by atoms with Crippen molar-refractivity contribution in [3.8, 4) is 0 Å². The fraction of sp³-hybridized carbons (Fsp3) is 0.375. The molecule has 0 unspecified atom stereocenters. The van der Waals surface area contributed by atoms with Crippen molar-refractivity contribution in [3.63, 3.8) is 0 Å². The quantitative estimate of drug-likeness (QED) is 0.630. The Hall–Kier alpha value is -1.05. The van der Waals surface area contributed by atoms with Gasteiger partial charge in [-0.2, -0.15) is 0 Å². The summed E-state index contributed by atoms with van der Waals surface area (Å²) >= 11 is 6.56. The molecule has 1 N–H and O–H groups in total. The third-order valence-electron chi connectivity index (χ3n) is 3.88. The van der Waals surface area contributed by atoms with E-state index in [0.29, 0.717) is 0 Å². The van der Waals surface area contributed by atoms with Gasteiger partial charge in [-0.3, -0.25) is 0 Å². The molecule has 96 valence electrons. The summed E-state index contributed by atoms with van der Waals surface area (Å²) in [5, 5.41) is 10.7. The van der Waals surface area contributed by atoms with Crippen LogP contribution in [0.1, 0.15) is 25.8 Å². The molecular weight excluding hydrogens is 244 g/mol. The molecule has 2 heteroatoms. The van der Waals surface area contributed by atoms with Gasteiger partial charge in [-0.25, -0.2) is 0 Å². The Bertz CT molecular complexity index is 477. The van der Waals surface area contributed by atoms with E-state index in [0.717, 1.165) is 23.1 Å². The van der Waals surface area contributed by atoms with E-state index >= 15 is 0 Å². The molecule has 2 rings (SSSR count). The maximum atomic E-state index is 11.1. The molecule has 3 atom stereocenters. The molecule has 18 heavy (non-hydrogen) atoms. The van der Waals surface area contributed by atoms with Crippen molar-refractivity contribution in [2.45, 2.75) is 31.2 Å². The lowest BCUT2D eigenvalue weighted by Gasteiger charge is -2.42. The van der Waals surface area contributed by atoms with Crippen molar-refractivity contribution in [2.24, 2.45) is 5.92 Å². The molecule has 0 saturated carbocycles. The summed E-state index contributed by atoms with van der Waals surface area (Å²) < 4.78 is 0. The smallest absolute Gasteiger partial charge is 0.127 e. The standard InChI is InChI=1S/C16H19ClO/c1-11(2)14-10-9-12(3)16(18,15(14)17)13-7-5-4-6-8-13/h4-9,14-15,18H,1,10H2,2-3H3/t14-,15-,16+/m1/s1. The van der Waals surface area contributed by atoms with E-state index in [9.17, 15) is 5.11 Å². The molecule has 0 fully saturated rings. The molecule has 0 amide bonds. The number of alkyl halides is 1. The first-order valence-electron chi connectivity index (χ1n) is 6.22. The molecule has 0 spiro atoms. The maximum Gasteiger partial charge on any atom is 0.127 e. The first kappa shape index (κ1) is 13.4. The van der Waals surface area contributed by atoms with Gasteiger partial charge >= 0.3 is 0 Å². The molecule has 0 heterocycles. The zero-order valence-corrected chi connectivity index (χ0v) is 11.6. The van der Waals surface area contributed by atoms with Crippen molar-refractivity contribution in [1.82, 2.24) is 0 Å². The highest BCUT2D eigenvalue weighted by Gasteiger charge is 2.45. The van der Waals surface area contributed by atoms with Crippen molar-refractivity contribution in [1.29, 1.82) is 0 Å². The summed E-state index contributed by atoms with van der Waals surface area (Å²) in [6.45, 7) is 7.90. The molecule has 1 aliphatic rings. The van der Waals surface area contributed by atoms with E-state index in [1.54, 1.807) is 0 Å². The van der Waals surface area contributed by atoms with E-state index < -0.39 is 5.60 Å². The minimum absolute atomic E-state index is 0.112. The maximum absolute atomic E-state index is 11.1. The summed E-state index contributed by atoms with van der Waals surface area (Å²) in [5.41, 5.74) is 1.70. The Morgan fingerprint density at radius 1 is 1.39 bits per heavy atom. The molecule has 0 bridgehead atoms. The zero-order valence-electron chi connectivity index (χ0n) is 10.9. The predicted octanol–water partition coefficient (Wildman–Crippen LogP) is 4.02. The van der Waals surface area contributed by atoms with Crippen LogP contribution in [-0.4, -0.2) is 10.5 Å². The number of rotatable bonds is 2. The highest BCUT2D eigenvalue weighted by molar-refractivity contribution is 6.22. The second-order valence-electron chi connectivity index (χ2n) is 5.11. The van der Waals surface area contributed by atoms with E-state index in [1.165, 1.54) is 0 Å². The topological polar surface area (TPSA) is 20.2 Å². The van der Waals surface area contributed by atoms with Crippen molar-refractivity contribution < 1.29 is 5.11 Å². The zero-order chi connectivity index (χ0) is 13.3. The van der Waals surface area contributed by atoms with Gasteiger partial charge in [0.1, 0.15) is 5.60 Å². The predicted molar refractivity (Wildman–Crippen MR) is 76.7 cm³/mol. The largest absolute Gasteiger partial charge is 0.379 e. The Kier molecular flexibility index (Phi) is 3.65. The van der Waals surface area contributed by atoms with Gasteiger partial charge in [0, 0.05) is 5.92 Å². The number of hydrogen-bond donors (Lipinski definition) is 1. The van der Waals surface area contributed by atoms with E-state index in [1.807, 2.05) is 44.2 Å². The second-order valence-corrected chi connectivity index (χ2v) is 5.58. The van der Waals surface area contributed by atoms with Crippen molar-refractivity contribution in [2.75, 3.05) is 0 Å². The molecule has 0 radical (unpaired) electrons. The fourth-order valence-corrected chi connectivity index (χ4v) is 3.23. The summed E-state index contributed by atoms with van der Waals surface area (Å²) in [4.78, 5) is 0. The van der Waals surface area contributed by atoms with Crippen LogP contribution in [0.25, 0.3) is 0 Å². The monoisotopic (exact) mass is 262 g/mol. The average Bonchev–Trinajstić information content (AvgIpc) is 2.36. The Labute approximate surface area is 114 Å². The van der Waals surface area contributed by atoms with Gasteiger partial charge in [0.2, 0.25) is 0 Å². The van der Waals surface area contributed by atoms with Crippen LogP contribution in [0.2, 0.25) is 0 Å². The highest BCUT2D eigenvalue weighted by atomic mass is 35.5. The molecule has 1 aromatic carbocycles. The van der Waals surface area contributed by atoms with Crippen LogP contribution < -0.4 is 0 Å². The Balaban J connectivity index is 2.50. The van der Waals surface area contributed by atoms with Gasteiger partial charge in [-0.05, 0) is 31.4 Å². The summed E-state index contributed by atoms with van der Waals surface area (Å²) in [7, 11) is 0. The molecule has 1 nitrogen and oxygen atoms in total. The highest BCUT2D eigenvalue weighted by Crippen LogP contribution is 2.45. The van der Waals surface area contributed by atoms with E-state index in [4.69, 9.17) is 11.6 Å². The molecule has 0 aromatic heterocycles. The first-order valence-corrected chi connectivity index (χ1v) is 6.66. The second kappa shape index (κ2) is 4.91. The van der Waals surface area contributed by atoms with Crippen molar-refractivity contribution in [3.05, 3.63) is 59.7 Å². The van der Waals surface area contributed by atoms with Gasteiger partial charge in [-0.15, -0.1) is 11.6 Å². The molecular formula is C16H19ClO. The third kappa shape index (κ3) is 2.02. The molecule has 1 aromatic rings. The lowest BCUT2D eigenvalue weighted by atomic mass is 9.72. The van der Waals surface area contributed by atoms with Gasteiger partial charge < -0.3 is 5.11 Å². The van der Waals surface area contributed by atoms with Gasteiger partial charge in [-0.1, -0.05) is 48.6 Å². The van der Waals surface area contributed by atoms with Crippen LogP contribution >= 0.6 is 11.6 Å². The van der Waals surface area contributed by atoms with Crippen LogP contribution in [0.4, 0.5) is 0 Å². The van der Waals surface area contributed by atoms with Crippen LogP contribution in [0.5, 0.6) is 0 Å². The van der Waals surface area contributed by atoms with Gasteiger partial charge in [0.15, 0.2) is 0 Å². The van der Waals surface area contributed by atoms with Crippen LogP contribution in [0.3, 0.4) is 0 Å². The van der Waals surface area contributed by atoms with Crippen LogP contribution in [0, 0.1) is 5.92 Å². The number of benzene rings is 1. The summed E-state index contributed by atoms with van der Waals surface area (Å²) in [6, 6.07) is 9.64. The minimum atomic E-state index is -1.09. The number of allylic oxidation sites excluding steroid dienone is 2. The van der Waals surface area contributed by atoms with E-state index in [-0.39, 0.29) is 11.3 Å². The Morgan fingerprint density at radius 3 is 2.56 bits per heavy atom. The Morgan fingerprint density at radius 2 is 2.00 bits per heavy atom. The minimum Gasteiger partial charge on any atom is -0.379 e. The number of halogens is 1. The average molecular weight is 263 g/mol. The number of hydrogen-bond acceptors (Lipinski definition) is 1. The van der Waals surface area contributed by atoms with E-state index in [2.05, 4.69) is 12.7 Å². The third-order valence-corrected chi connectivity index (χ3v) is 4.50. The van der Waals surface area contributed by atoms with Gasteiger partial charge in [0.05, 0.1) is 5.38 Å². The van der Waals surface area contributed by atoms with Crippen LogP contribution in [-0.2, 0) is 5.60 Å². The van der Waals surface area contributed by atoms with Crippen LogP contribution in [0.15, 0.2) is 54.1 Å². The lowest BCUT2D eigenvalue weighted by molar-refractivity contribution is 0.0512. The SMILES string of the molecule is C=C(C)[C@H]1CC=C(C)[C@](O)(c2ccccc2)[C@@H]1Cl. The first-order chi connectivity index (χ1) is 8.48. The molecule has 0 saturated heterocycles. The van der Waals surface area contributed by atoms with Crippen molar-refractivity contribution >= 4 is 11.6 Å². The normalized spacial score (nSPS) is 31.9.